The van der Waals surface area contributed by atoms with Crippen LogP contribution in [0.2, 0.25) is 0 Å². The van der Waals surface area contributed by atoms with Gasteiger partial charge in [-0.25, -0.2) is 21.6 Å². The molecular weight excluding hydrogens is 559 g/mol. The molecular formula is C25H34F3N3O6S2. The van der Waals surface area contributed by atoms with Gasteiger partial charge in [0.25, 0.3) is 0 Å². The number of hydrogen-bond donors (Lipinski definition) is 2. The van der Waals surface area contributed by atoms with E-state index in [-0.39, 0.29) is 29.7 Å². The van der Waals surface area contributed by atoms with Crippen LogP contribution in [0.1, 0.15) is 29.5 Å². The number of carboxylic acids is 1. The van der Waals surface area contributed by atoms with Crippen molar-refractivity contribution in [3.8, 4) is 0 Å². The number of rotatable bonds is 9. The molecule has 0 aliphatic carbocycles. The molecule has 2 N–H and O–H groups in total. The van der Waals surface area contributed by atoms with Gasteiger partial charge < -0.3 is 10.4 Å². The summed E-state index contributed by atoms with van der Waals surface area (Å²) in [5.41, 5.74) is 2.65. The van der Waals surface area contributed by atoms with Gasteiger partial charge in [-0.3, -0.25) is 0 Å². The van der Waals surface area contributed by atoms with Gasteiger partial charge in [0.1, 0.15) is 0 Å². The fourth-order valence-electron chi connectivity index (χ4n) is 4.00. The van der Waals surface area contributed by atoms with E-state index in [0.717, 1.165) is 11.1 Å². The summed E-state index contributed by atoms with van der Waals surface area (Å²) in [5.74, 6) is -3.08. The summed E-state index contributed by atoms with van der Waals surface area (Å²) < 4.78 is 87.6. The maximum atomic E-state index is 13.6. The average Bonchev–Trinajstić information content (AvgIpc) is 2.87. The molecule has 1 saturated heterocycles. The van der Waals surface area contributed by atoms with Crippen molar-refractivity contribution in [2.45, 2.75) is 37.8 Å². The lowest BCUT2D eigenvalue weighted by Crippen LogP contribution is -2.48. The van der Waals surface area contributed by atoms with E-state index in [0.29, 0.717) is 31.7 Å². The quantitative estimate of drug-likeness (QED) is 0.458. The minimum Gasteiger partial charge on any atom is -0.475 e. The summed E-state index contributed by atoms with van der Waals surface area (Å²) in [5, 5.41) is 10.3. The van der Waals surface area contributed by atoms with Crippen LogP contribution in [0, 0.1) is 13.8 Å². The standard InChI is InChI=1S/C23H33N3O4S2.C2HF3O2/c1-19-9-10-23(20(2)17-19)32(29,30)26(18-21(3)22-7-5-4-6-8-22)15-16-31(27,28)25-13-11-24-12-14-25;3-2(4,5)1(6)7/h4-10,17,21,24H,11-16,18H2,1-3H3;(H,6,7). The van der Waals surface area contributed by atoms with Gasteiger partial charge >= 0.3 is 12.1 Å². The zero-order valence-corrected chi connectivity index (χ0v) is 23.6. The lowest BCUT2D eigenvalue weighted by molar-refractivity contribution is -0.192. The van der Waals surface area contributed by atoms with Crippen LogP contribution in [-0.4, -0.2) is 87.7 Å². The fraction of sp³-hybridized carbons (Fsp3) is 0.480. The van der Waals surface area contributed by atoms with Crippen molar-refractivity contribution >= 4 is 26.0 Å². The number of carbonyl (C=O) groups is 1. The van der Waals surface area contributed by atoms with Crippen molar-refractivity contribution in [3.05, 3.63) is 65.2 Å². The number of benzene rings is 2. The van der Waals surface area contributed by atoms with Crippen molar-refractivity contribution < 1.29 is 39.9 Å². The maximum Gasteiger partial charge on any atom is 0.490 e. The Morgan fingerprint density at radius 3 is 2.13 bits per heavy atom. The van der Waals surface area contributed by atoms with Crippen LogP contribution >= 0.6 is 0 Å². The molecule has 0 saturated carbocycles. The third-order valence-corrected chi connectivity index (χ3v) is 9.98. The first kappa shape index (κ1) is 32.7. The van der Waals surface area contributed by atoms with Crippen molar-refractivity contribution in [3.63, 3.8) is 0 Å². The highest BCUT2D eigenvalue weighted by Gasteiger charge is 2.38. The predicted molar refractivity (Wildman–Crippen MR) is 141 cm³/mol. The number of piperazine rings is 1. The number of nitrogens with zero attached hydrogens (tertiary/aromatic N) is 2. The molecule has 2 aromatic carbocycles. The molecule has 1 atom stereocenters. The largest absolute Gasteiger partial charge is 0.490 e. The first-order valence-electron chi connectivity index (χ1n) is 12.2. The summed E-state index contributed by atoms with van der Waals surface area (Å²) in [4.78, 5) is 9.12. The topological polar surface area (TPSA) is 124 Å². The number of aliphatic carboxylic acids is 1. The molecule has 14 heteroatoms. The van der Waals surface area contributed by atoms with Gasteiger partial charge in [-0.15, -0.1) is 0 Å². The molecule has 218 valence electrons. The molecule has 9 nitrogen and oxygen atoms in total. The minimum atomic E-state index is -5.08. The van der Waals surface area contributed by atoms with Crippen molar-refractivity contribution in [2.75, 3.05) is 45.0 Å². The third-order valence-electron chi connectivity index (χ3n) is 6.10. The van der Waals surface area contributed by atoms with Crippen LogP contribution in [0.4, 0.5) is 13.2 Å². The summed E-state index contributed by atoms with van der Waals surface area (Å²) in [6.45, 7) is 7.80. The Kier molecular flexibility index (Phi) is 11.5. The van der Waals surface area contributed by atoms with Crippen LogP contribution in [0.15, 0.2) is 53.4 Å². The number of aryl methyl sites for hydroxylation is 2. The number of alkyl halides is 3. The first-order valence-corrected chi connectivity index (χ1v) is 15.2. The van der Waals surface area contributed by atoms with Crippen molar-refractivity contribution in [2.24, 2.45) is 0 Å². The van der Waals surface area contributed by atoms with E-state index in [2.05, 4.69) is 5.32 Å². The zero-order valence-electron chi connectivity index (χ0n) is 22.0. The van der Waals surface area contributed by atoms with Crippen LogP contribution in [0.3, 0.4) is 0 Å². The Balaban J connectivity index is 0.000000673. The molecule has 1 fully saturated rings. The lowest BCUT2D eigenvalue weighted by Gasteiger charge is -2.29. The van der Waals surface area contributed by atoms with Gasteiger partial charge in [-0.05, 0) is 37.0 Å². The highest BCUT2D eigenvalue weighted by atomic mass is 32.2. The van der Waals surface area contributed by atoms with Crippen LogP contribution in [0.5, 0.6) is 0 Å². The monoisotopic (exact) mass is 593 g/mol. The molecule has 2 aromatic rings. The smallest absolute Gasteiger partial charge is 0.475 e. The highest BCUT2D eigenvalue weighted by molar-refractivity contribution is 7.90. The second-order valence-corrected chi connectivity index (χ2v) is 13.2. The number of hydrogen-bond acceptors (Lipinski definition) is 6. The molecule has 1 aliphatic rings. The molecule has 0 spiro atoms. The molecule has 0 radical (unpaired) electrons. The molecule has 3 rings (SSSR count). The van der Waals surface area contributed by atoms with E-state index in [4.69, 9.17) is 9.90 Å². The molecule has 1 aliphatic heterocycles. The maximum absolute atomic E-state index is 13.6. The Morgan fingerprint density at radius 1 is 1.05 bits per heavy atom. The Labute approximate surface area is 227 Å². The van der Waals surface area contributed by atoms with Crippen LogP contribution < -0.4 is 5.32 Å². The van der Waals surface area contributed by atoms with Crippen LogP contribution in [-0.2, 0) is 24.8 Å². The molecule has 0 aromatic heterocycles. The second kappa shape index (κ2) is 13.7. The van der Waals surface area contributed by atoms with Crippen LogP contribution in [0.25, 0.3) is 0 Å². The normalized spacial score (nSPS) is 15.9. The van der Waals surface area contributed by atoms with Crippen molar-refractivity contribution in [1.29, 1.82) is 0 Å². The van der Waals surface area contributed by atoms with Crippen molar-refractivity contribution in [1.82, 2.24) is 13.9 Å². The lowest BCUT2D eigenvalue weighted by atomic mass is 10.0. The fourth-order valence-corrected chi connectivity index (χ4v) is 7.30. The Hall–Kier alpha value is -2.52. The summed E-state index contributed by atoms with van der Waals surface area (Å²) in [6.07, 6.45) is -5.08. The number of carboxylic acid groups (broad SMARTS) is 1. The molecule has 0 bridgehead atoms. The molecule has 0 amide bonds. The second-order valence-electron chi connectivity index (χ2n) is 9.21. The third kappa shape index (κ3) is 9.57. The minimum absolute atomic E-state index is 0.0842. The van der Waals surface area contributed by atoms with Gasteiger partial charge in [0.05, 0.1) is 10.6 Å². The van der Waals surface area contributed by atoms with Gasteiger partial charge in [0, 0.05) is 39.3 Å². The summed E-state index contributed by atoms with van der Waals surface area (Å²) in [6, 6.07) is 14.9. The summed E-state index contributed by atoms with van der Waals surface area (Å²) >= 11 is 0. The van der Waals surface area contributed by atoms with Gasteiger partial charge in [-0.2, -0.15) is 21.8 Å². The molecule has 39 heavy (non-hydrogen) atoms. The SMILES string of the molecule is Cc1ccc(S(=O)(=O)N(CCS(=O)(=O)N2CCNCC2)CC(C)c2ccccc2)c(C)c1.O=C(O)C(F)(F)F. The van der Waals surface area contributed by atoms with E-state index in [1.54, 1.807) is 19.1 Å². The Bertz CT molecular complexity index is 1310. The van der Waals surface area contributed by atoms with Gasteiger partial charge in [-0.1, -0.05) is 55.0 Å². The predicted octanol–water partition coefficient (Wildman–Crippen LogP) is 2.97. The van der Waals surface area contributed by atoms with Gasteiger partial charge in [0.15, 0.2) is 0 Å². The molecule has 1 heterocycles. The van der Waals surface area contributed by atoms with E-state index in [1.165, 1.54) is 8.61 Å². The zero-order chi connectivity index (χ0) is 29.4. The van der Waals surface area contributed by atoms with E-state index < -0.39 is 32.2 Å². The number of nitrogens with one attached hydrogen (secondary N) is 1. The van der Waals surface area contributed by atoms with E-state index in [9.17, 15) is 30.0 Å². The number of halogens is 3. The Morgan fingerprint density at radius 2 is 1.62 bits per heavy atom. The summed E-state index contributed by atoms with van der Waals surface area (Å²) in [7, 11) is -7.42. The van der Waals surface area contributed by atoms with E-state index >= 15 is 0 Å². The van der Waals surface area contributed by atoms with E-state index in [1.807, 2.05) is 50.2 Å². The average molecular weight is 594 g/mol. The molecule has 1 unspecified atom stereocenters. The van der Waals surface area contributed by atoms with Gasteiger partial charge in [0.2, 0.25) is 20.0 Å². The first-order chi connectivity index (χ1) is 18.1. The highest BCUT2D eigenvalue weighted by Crippen LogP contribution is 2.25. The number of sulfonamides is 2.